The highest BCUT2D eigenvalue weighted by atomic mass is 16.2. The van der Waals surface area contributed by atoms with Crippen LogP contribution in [0.5, 0.6) is 0 Å². The summed E-state index contributed by atoms with van der Waals surface area (Å²) < 4.78 is 0. The molecule has 1 aliphatic rings. The molecule has 0 saturated heterocycles. The van der Waals surface area contributed by atoms with E-state index in [1.165, 1.54) is 0 Å². The molecule has 1 aromatic rings. The summed E-state index contributed by atoms with van der Waals surface area (Å²) in [5.74, 6) is 0.0413. The van der Waals surface area contributed by atoms with Crippen molar-refractivity contribution in [2.45, 2.75) is 25.3 Å². The van der Waals surface area contributed by atoms with Crippen LogP contribution in [0.4, 0.5) is 11.4 Å². The van der Waals surface area contributed by atoms with Crippen LogP contribution >= 0.6 is 0 Å². The highest BCUT2D eigenvalue weighted by Gasteiger charge is 2.30. The zero-order valence-electron chi connectivity index (χ0n) is 11.7. The monoisotopic (exact) mass is 272 g/mol. The summed E-state index contributed by atoms with van der Waals surface area (Å²) in [6.07, 6.45) is 2.73. The Morgan fingerprint density at radius 1 is 1.40 bits per heavy atom. The number of rotatable bonds is 6. The molecule has 0 bridgehead atoms. The normalized spacial score (nSPS) is 14.1. The fraction of sp³-hybridized carbons (Fsp3) is 0.467. The first-order chi connectivity index (χ1) is 9.61. The lowest BCUT2D eigenvalue weighted by molar-refractivity contribution is -0.119. The van der Waals surface area contributed by atoms with Crippen molar-refractivity contribution in [2.24, 2.45) is 0 Å². The summed E-state index contributed by atoms with van der Waals surface area (Å²) in [5.41, 5.74) is 7.16. The first-order valence-electron chi connectivity index (χ1n) is 6.85. The maximum absolute atomic E-state index is 12.3. The van der Waals surface area contributed by atoms with Crippen LogP contribution in [-0.2, 0) is 4.79 Å². The lowest BCUT2D eigenvalue weighted by Crippen LogP contribution is -2.40. The van der Waals surface area contributed by atoms with Crippen molar-refractivity contribution in [1.29, 1.82) is 5.26 Å². The zero-order chi connectivity index (χ0) is 14.5. The van der Waals surface area contributed by atoms with Crippen LogP contribution in [0.25, 0.3) is 0 Å². The minimum absolute atomic E-state index is 0.0413. The fourth-order valence-electron chi connectivity index (χ4n) is 2.15. The molecule has 0 radical (unpaired) electrons. The Bertz CT molecular complexity index is 502. The number of nitrogens with two attached hydrogens (primary N) is 1. The largest absolute Gasteiger partial charge is 0.399 e. The van der Waals surface area contributed by atoms with Crippen LogP contribution in [0.15, 0.2) is 24.3 Å². The average Bonchev–Trinajstić information content (AvgIpc) is 3.27. The molecular weight excluding hydrogens is 252 g/mol. The second kappa shape index (κ2) is 6.40. The molecule has 20 heavy (non-hydrogen) atoms. The maximum Gasteiger partial charge on any atom is 0.240 e. The Labute approximate surface area is 119 Å². The van der Waals surface area contributed by atoms with E-state index in [4.69, 9.17) is 11.0 Å². The highest BCUT2D eigenvalue weighted by Crippen LogP contribution is 2.27. The average molecular weight is 272 g/mol. The third kappa shape index (κ3) is 3.72. The molecule has 1 saturated carbocycles. The van der Waals surface area contributed by atoms with Gasteiger partial charge in [0, 0.05) is 37.4 Å². The van der Waals surface area contributed by atoms with Crippen molar-refractivity contribution in [3.63, 3.8) is 0 Å². The lowest BCUT2D eigenvalue weighted by Gasteiger charge is -2.24. The molecule has 0 unspecified atom stereocenters. The molecule has 106 valence electrons. The van der Waals surface area contributed by atoms with Gasteiger partial charge >= 0.3 is 0 Å². The number of likely N-dealkylation sites (N-methyl/N-ethyl adjacent to an activating group) is 1. The topological polar surface area (TPSA) is 73.4 Å². The van der Waals surface area contributed by atoms with E-state index in [1.807, 2.05) is 12.1 Å². The Morgan fingerprint density at radius 3 is 2.60 bits per heavy atom. The number of benzene rings is 1. The fourth-order valence-corrected chi connectivity index (χ4v) is 2.15. The summed E-state index contributed by atoms with van der Waals surface area (Å²) in [7, 11) is 1.77. The van der Waals surface area contributed by atoms with Gasteiger partial charge in [0.05, 0.1) is 12.6 Å². The molecule has 0 heterocycles. The number of hydrogen-bond donors (Lipinski definition) is 1. The number of anilines is 2. The van der Waals surface area contributed by atoms with E-state index in [1.54, 1.807) is 24.1 Å². The summed E-state index contributed by atoms with van der Waals surface area (Å²) >= 11 is 0. The summed E-state index contributed by atoms with van der Waals surface area (Å²) in [6, 6.07) is 9.86. The first kappa shape index (κ1) is 14.4. The van der Waals surface area contributed by atoms with E-state index in [0.29, 0.717) is 31.2 Å². The third-order valence-electron chi connectivity index (χ3n) is 3.57. The minimum Gasteiger partial charge on any atom is -0.399 e. The quantitative estimate of drug-likeness (QED) is 0.798. The molecule has 5 heteroatoms. The Kier molecular flexibility index (Phi) is 4.59. The molecule has 5 nitrogen and oxygen atoms in total. The summed E-state index contributed by atoms with van der Waals surface area (Å²) in [6.45, 7) is 1.04. The Morgan fingerprint density at radius 2 is 2.05 bits per heavy atom. The molecule has 0 aromatic heterocycles. The van der Waals surface area contributed by atoms with E-state index in [0.717, 1.165) is 18.5 Å². The number of hydrogen-bond acceptors (Lipinski definition) is 4. The summed E-state index contributed by atoms with van der Waals surface area (Å²) in [4.78, 5) is 16.1. The van der Waals surface area contributed by atoms with Gasteiger partial charge in [0.15, 0.2) is 0 Å². The molecule has 1 amide bonds. The summed E-state index contributed by atoms with van der Waals surface area (Å²) in [5, 5.41) is 8.68. The van der Waals surface area contributed by atoms with Gasteiger partial charge < -0.3 is 10.6 Å². The predicted octanol–water partition coefficient (Wildman–Crippen LogP) is 1.61. The predicted molar refractivity (Wildman–Crippen MR) is 79.1 cm³/mol. The zero-order valence-corrected chi connectivity index (χ0v) is 11.7. The second-order valence-electron chi connectivity index (χ2n) is 5.15. The number of nitriles is 1. The van der Waals surface area contributed by atoms with Crippen molar-refractivity contribution in [2.75, 3.05) is 30.8 Å². The molecule has 0 spiro atoms. The lowest BCUT2D eigenvalue weighted by atomic mass is 10.2. The molecule has 0 aliphatic heterocycles. The Balaban J connectivity index is 1.95. The van der Waals surface area contributed by atoms with Gasteiger partial charge in [-0.25, -0.2) is 0 Å². The number of carbonyl (C=O) groups is 1. The van der Waals surface area contributed by atoms with E-state index >= 15 is 0 Å². The van der Waals surface area contributed by atoms with Crippen LogP contribution in [0.1, 0.15) is 19.3 Å². The smallest absolute Gasteiger partial charge is 0.240 e. The van der Waals surface area contributed by atoms with Gasteiger partial charge in [0.2, 0.25) is 5.91 Å². The number of amides is 1. The van der Waals surface area contributed by atoms with E-state index in [-0.39, 0.29) is 5.91 Å². The van der Waals surface area contributed by atoms with Crippen LogP contribution in [0.3, 0.4) is 0 Å². The molecule has 1 aromatic carbocycles. The molecule has 1 aliphatic carbocycles. The number of nitrogen functional groups attached to an aromatic ring is 1. The third-order valence-corrected chi connectivity index (χ3v) is 3.57. The second-order valence-corrected chi connectivity index (χ2v) is 5.15. The van der Waals surface area contributed by atoms with Gasteiger partial charge in [-0.05, 0) is 37.1 Å². The van der Waals surface area contributed by atoms with E-state index < -0.39 is 0 Å². The van der Waals surface area contributed by atoms with Gasteiger partial charge in [-0.15, -0.1) is 0 Å². The van der Waals surface area contributed by atoms with Crippen molar-refractivity contribution >= 4 is 17.3 Å². The van der Waals surface area contributed by atoms with Crippen molar-refractivity contribution in [3.05, 3.63) is 24.3 Å². The van der Waals surface area contributed by atoms with Gasteiger partial charge in [-0.2, -0.15) is 5.26 Å². The maximum atomic E-state index is 12.3. The number of carbonyl (C=O) groups excluding carboxylic acids is 1. The molecular formula is C15H20N4O. The van der Waals surface area contributed by atoms with Crippen molar-refractivity contribution in [1.82, 2.24) is 4.90 Å². The van der Waals surface area contributed by atoms with Gasteiger partial charge in [0.1, 0.15) is 0 Å². The van der Waals surface area contributed by atoms with Crippen LogP contribution < -0.4 is 10.6 Å². The molecule has 1 fully saturated rings. The van der Waals surface area contributed by atoms with Crippen LogP contribution in [0, 0.1) is 11.3 Å². The number of nitrogens with zero attached hydrogens (tertiary/aromatic N) is 3. The van der Waals surface area contributed by atoms with Crippen molar-refractivity contribution < 1.29 is 4.79 Å². The van der Waals surface area contributed by atoms with Crippen molar-refractivity contribution in [3.8, 4) is 6.07 Å². The SMILES string of the molecule is CN(C(=O)CN(CCC#N)C1CC1)c1ccc(N)cc1. The van der Waals surface area contributed by atoms with Gasteiger partial charge in [0.25, 0.3) is 0 Å². The highest BCUT2D eigenvalue weighted by molar-refractivity contribution is 5.94. The standard InChI is InChI=1S/C15H20N4O/c1-18(13-5-3-12(17)4-6-13)15(20)11-19(10-2-9-16)14-7-8-14/h3-6,14H,2,7-8,10-11,17H2,1H3. The van der Waals surface area contributed by atoms with Gasteiger partial charge in [-0.1, -0.05) is 0 Å². The van der Waals surface area contributed by atoms with E-state index in [9.17, 15) is 4.79 Å². The molecule has 2 rings (SSSR count). The first-order valence-corrected chi connectivity index (χ1v) is 6.85. The van der Waals surface area contributed by atoms with E-state index in [2.05, 4.69) is 11.0 Å². The molecule has 2 N–H and O–H groups in total. The Hall–Kier alpha value is -2.06. The van der Waals surface area contributed by atoms with Gasteiger partial charge in [-0.3, -0.25) is 9.69 Å². The molecule has 0 atom stereocenters. The minimum atomic E-state index is 0.0413. The van der Waals surface area contributed by atoms with Crippen LogP contribution in [-0.4, -0.2) is 37.0 Å². The van der Waals surface area contributed by atoms with Crippen LogP contribution in [0.2, 0.25) is 0 Å².